The van der Waals surface area contributed by atoms with Crippen molar-refractivity contribution in [2.45, 2.75) is 81.9 Å². The number of carbonyl (C=O) groups is 3. The molecule has 190 valence electrons. The molecule has 3 N–H and O–H groups in total. The summed E-state index contributed by atoms with van der Waals surface area (Å²) in [4.78, 5) is 39.2. The Morgan fingerprint density at radius 3 is 1.94 bits per heavy atom. The number of aromatic nitrogens is 1. The molecule has 2 rings (SSSR count). The fourth-order valence-corrected chi connectivity index (χ4v) is 4.82. The summed E-state index contributed by atoms with van der Waals surface area (Å²) >= 11 is 1.52. The van der Waals surface area contributed by atoms with Crippen LogP contribution in [0.5, 0.6) is 0 Å². The standard InChI is InChI=1S/C27H36N2O5S/c30-23(15-10-5-3-1-2-4-6-11-16-24(31)32)29-27-26(35-20-12-17-25(33)34)22(18-19-28-27)21-13-8-7-9-14-21/h7-9,13-14,18-19H,1-6,10-12,15-17,20H2,(H,31,32)(H,33,34)(H,28,29,30). The molecule has 2 aromatic rings. The smallest absolute Gasteiger partial charge is 0.303 e. The second kappa shape index (κ2) is 16.7. The Kier molecular flexibility index (Phi) is 13.5. The van der Waals surface area contributed by atoms with Gasteiger partial charge in [-0.15, -0.1) is 11.8 Å². The van der Waals surface area contributed by atoms with Crippen LogP contribution in [0.3, 0.4) is 0 Å². The molecule has 0 aliphatic rings. The van der Waals surface area contributed by atoms with Gasteiger partial charge in [-0.1, -0.05) is 68.9 Å². The van der Waals surface area contributed by atoms with Gasteiger partial charge in [-0.2, -0.15) is 0 Å². The van der Waals surface area contributed by atoms with Gasteiger partial charge >= 0.3 is 11.9 Å². The molecule has 7 nitrogen and oxygen atoms in total. The molecule has 0 spiro atoms. The SMILES string of the molecule is O=C(O)CCCCCCCCCCC(=O)Nc1nccc(-c2ccccc2)c1SCCCC(=O)O. The Bertz CT molecular complexity index is 936. The van der Waals surface area contributed by atoms with E-state index in [4.69, 9.17) is 10.2 Å². The molecule has 1 aromatic heterocycles. The lowest BCUT2D eigenvalue weighted by Gasteiger charge is -2.14. The molecule has 8 heteroatoms. The van der Waals surface area contributed by atoms with E-state index in [2.05, 4.69) is 10.3 Å². The maximum Gasteiger partial charge on any atom is 0.303 e. The number of nitrogens with one attached hydrogen (secondary N) is 1. The largest absolute Gasteiger partial charge is 0.481 e. The summed E-state index contributed by atoms with van der Waals surface area (Å²) in [5.41, 5.74) is 1.99. The third-order valence-electron chi connectivity index (χ3n) is 5.57. The monoisotopic (exact) mass is 500 g/mol. The highest BCUT2D eigenvalue weighted by Gasteiger charge is 2.15. The minimum atomic E-state index is -0.813. The second-order valence-electron chi connectivity index (χ2n) is 8.52. The highest BCUT2D eigenvalue weighted by atomic mass is 32.2. The average Bonchev–Trinajstić information content (AvgIpc) is 2.83. The maximum absolute atomic E-state index is 12.6. The van der Waals surface area contributed by atoms with E-state index in [1.54, 1.807) is 6.20 Å². The highest BCUT2D eigenvalue weighted by molar-refractivity contribution is 7.99. The van der Waals surface area contributed by atoms with Gasteiger partial charge in [0, 0.05) is 31.0 Å². The number of anilines is 1. The number of amides is 1. The van der Waals surface area contributed by atoms with Gasteiger partial charge in [0.15, 0.2) is 0 Å². The number of aliphatic carboxylic acids is 2. The fraction of sp³-hybridized carbons (Fsp3) is 0.481. The summed E-state index contributed by atoms with van der Waals surface area (Å²) in [6.07, 6.45) is 10.8. The molecule has 0 saturated carbocycles. The number of benzene rings is 1. The van der Waals surface area contributed by atoms with Crippen molar-refractivity contribution in [2.75, 3.05) is 11.1 Å². The lowest BCUT2D eigenvalue weighted by Crippen LogP contribution is -2.13. The number of carbonyl (C=O) groups excluding carboxylic acids is 1. The van der Waals surface area contributed by atoms with E-state index >= 15 is 0 Å². The summed E-state index contributed by atoms with van der Waals surface area (Å²) in [5.74, 6) is -0.459. The summed E-state index contributed by atoms with van der Waals surface area (Å²) in [6, 6.07) is 11.8. The molecule has 0 atom stereocenters. The van der Waals surface area contributed by atoms with Gasteiger partial charge in [-0.3, -0.25) is 14.4 Å². The summed E-state index contributed by atoms with van der Waals surface area (Å²) in [5, 5.41) is 20.5. The van der Waals surface area contributed by atoms with Crippen molar-refractivity contribution in [3.05, 3.63) is 42.6 Å². The van der Waals surface area contributed by atoms with E-state index in [-0.39, 0.29) is 18.7 Å². The first kappa shape index (κ1) is 28.4. The Labute approximate surface area is 211 Å². The molecular weight excluding hydrogens is 464 g/mol. The van der Waals surface area contributed by atoms with Crippen LogP contribution in [-0.2, 0) is 14.4 Å². The number of carboxylic acid groups (broad SMARTS) is 2. The van der Waals surface area contributed by atoms with Crippen LogP contribution in [0.25, 0.3) is 11.1 Å². The molecule has 35 heavy (non-hydrogen) atoms. The van der Waals surface area contributed by atoms with Crippen molar-refractivity contribution in [1.82, 2.24) is 4.98 Å². The number of rotatable bonds is 18. The van der Waals surface area contributed by atoms with E-state index in [1.165, 1.54) is 11.8 Å². The Hall–Kier alpha value is -2.87. The van der Waals surface area contributed by atoms with Crippen molar-refractivity contribution >= 4 is 35.4 Å². The zero-order chi connectivity index (χ0) is 25.3. The Morgan fingerprint density at radius 2 is 1.31 bits per heavy atom. The van der Waals surface area contributed by atoms with Crippen molar-refractivity contribution in [3.8, 4) is 11.1 Å². The number of hydrogen-bond acceptors (Lipinski definition) is 5. The van der Waals surface area contributed by atoms with E-state index in [1.807, 2.05) is 36.4 Å². The molecule has 1 heterocycles. The first-order valence-corrected chi connectivity index (χ1v) is 13.4. The third kappa shape index (κ3) is 11.9. The van der Waals surface area contributed by atoms with Crippen LogP contribution in [0.4, 0.5) is 5.82 Å². The van der Waals surface area contributed by atoms with Crippen LogP contribution in [0.15, 0.2) is 47.5 Å². The van der Waals surface area contributed by atoms with Crippen molar-refractivity contribution < 1.29 is 24.6 Å². The van der Waals surface area contributed by atoms with Gasteiger partial charge in [-0.25, -0.2) is 4.98 Å². The van der Waals surface area contributed by atoms with Gasteiger partial charge in [0.25, 0.3) is 0 Å². The third-order valence-corrected chi connectivity index (χ3v) is 6.77. The zero-order valence-corrected chi connectivity index (χ0v) is 21.0. The molecule has 1 aromatic carbocycles. The van der Waals surface area contributed by atoms with Crippen LogP contribution < -0.4 is 5.32 Å². The van der Waals surface area contributed by atoms with Gasteiger partial charge < -0.3 is 15.5 Å². The molecule has 0 fully saturated rings. The van der Waals surface area contributed by atoms with Crippen molar-refractivity contribution in [3.63, 3.8) is 0 Å². The Balaban J connectivity index is 1.83. The highest BCUT2D eigenvalue weighted by Crippen LogP contribution is 2.36. The molecule has 1 amide bonds. The van der Waals surface area contributed by atoms with E-state index in [0.717, 1.165) is 67.4 Å². The van der Waals surface area contributed by atoms with Gasteiger partial charge in [0.2, 0.25) is 5.91 Å². The lowest BCUT2D eigenvalue weighted by atomic mass is 10.1. The summed E-state index contributed by atoms with van der Waals surface area (Å²) in [7, 11) is 0. The molecule has 0 bridgehead atoms. The van der Waals surface area contributed by atoms with Crippen LogP contribution in [0.1, 0.15) is 77.0 Å². The number of nitrogens with zero attached hydrogens (tertiary/aromatic N) is 1. The van der Waals surface area contributed by atoms with Crippen molar-refractivity contribution in [1.29, 1.82) is 0 Å². The average molecular weight is 501 g/mol. The minimum Gasteiger partial charge on any atom is -0.481 e. The number of hydrogen-bond donors (Lipinski definition) is 3. The normalized spacial score (nSPS) is 10.7. The van der Waals surface area contributed by atoms with Crippen LogP contribution in [0.2, 0.25) is 0 Å². The number of thioether (sulfide) groups is 1. The van der Waals surface area contributed by atoms with Gasteiger partial charge in [-0.05, 0) is 36.6 Å². The summed E-state index contributed by atoms with van der Waals surface area (Å²) < 4.78 is 0. The number of unbranched alkanes of at least 4 members (excludes halogenated alkanes) is 7. The van der Waals surface area contributed by atoms with Crippen LogP contribution in [0, 0.1) is 0 Å². The first-order chi connectivity index (χ1) is 17.0. The quantitative estimate of drug-likeness (QED) is 0.155. The van der Waals surface area contributed by atoms with Crippen LogP contribution in [-0.4, -0.2) is 38.8 Å². The Morgan fingerprint density at radius 1 is 0.743 bits per heavy atom. The summed E-state index contributed by atoms with van der Waals surface area (Å²) in [6.45, 7) is 0. The van der Waals surface area contributed by atoms with Gasteiger partial charge in [0.05, 0.1) is 4.90 Å². The minimum absolute atomic E-state index is 0.0660. The molecule has 0 aliphatic carbocycles. The maximum atomic E-state index is 12.6. The molecule has 0 aliphatic heterocycles. The van der Waals surface area contributed by atoms with Gasteiger partial charge in [0.1, 0.15) is 5.82 Å². The zero-order valence-electron chi connectivity index (χ0n) is 20.2. The molecular formula is C27H36N2O5S. The van der Waals surface area contributed by atoms with E-state index < -0.39 is 11.9 Å². The predicted molar refractivity (Wildman–Crippen MR) is 140 cm³/mol. The van der Waals surface area contributed by atoms with Crippen molar-refractivity contribution in [2.24, 2.45) is 0 Å². The van der Waals surface area contributed by atoms with E-state index in [9.17, 15) is 14.4 Å². The lowest BCUT2D eigenvalue weighted by molar-refractivity contribution is -0.138. The molecule has 0 radical (unpaired) electrons. The number of carboxylic acids is 2. The fourth-order valence-electron chi connectivity index (χ4n) is 3.74. The first-order valence-electron chi connectivity index (χ1n) is 12.4. The predicted octanol–water partition coefficient (Wildman–Crippen LogP) is 6.63. The van der Waals surface area contributed by atoms with E-state index in [0.29, 0.717) is 24.4 Å². The topological polar surface area (TPSA) is 117 Å². The number of pyridine rings is 1. The molecule has 0 saturated heterocycles. The molecule has 0 unspecified atom stereocenters. The van der Waals surface area contributed by atoms with Crippen LogP contribution >= 0.6 is 11.8 Å². The second-order valence-corrected chi connectivity index (χ2v) is 9.62.